The molecule has 0 amide bonds. The Morgan fingerprint density at radius 2 is 1.57 bits per heavy atom. The van der Waals surface area contributed by atoms with Gasteiger partial charge in [-0.05, 0) is 39.8 Å². The van der Waals surface area contributed by atoms with Crippen LogP contribution in [0.4, 0.5) is 0 Å². The summed E-state index contributed by atoms with van der Waals surface area (Å²) in [6.07, 6.45) is 0.345. The molecule has 0 aromatic heterocycles. The first-order valence-electron chi connectivity index (χ1n) is 6.95. The minimum atomic E-state index is -3.73. The second-order valence-corrected chi connectivity index (χ2v) is 8.84. The number of aliphatic hydroxyl groups is 1. The molecule has 0 aliphatic rings. The van der Waals surface area contributed by atoms with E-state index < -0.39 is 26.2 Å². The molecular formula is C14H25NO6S2. The number of sulfonamides is 1. The highest BCUT2D eigenvalue weighted by atomic mass is 32.2. The Hall–Kier alpha value is -1.00. The van der Waals surface area contributed by atoms with Crippen molar-refractivity contribution >= 4 is 20.1 Å². The van der Waals surface area contributed by atoms with Crippen LogP contribution in [0.15, 0.2) is 29.2 Å². The zero-order valence-corrected chi connectivity index (χ0v) is 15.6. The molecule has 0 radical (unpaired) electrons. The molecule has 0 saturated heterocycles. The molecule has 0 aliphatic heterocycles. The molecule has 7 nitrogen and oxygen atoms in total. The van der Waals surface area contributed by atoms with E-state index in [9.17, 15) is 16.8 Å². The lowest BCUT2D eigenvalue weighted by Crippen LogP contribution is -2.28. The molecule has 0 spiro atoms. The van der Waals surface area contributed by atoms with Crippen molar-refractivity contribution in [3.05, 3.63) is 29.8 Å². The molecule has 0 bridgehead atoms. The first kappa shape index (κ1) is 22.0. The number of aliphatic hydroxyl groups excluding tert-OH is 1. The predicted octanol–water partition coefficient (Wildman–Crippen LogP) is 1.03. The van der Waals surface area contributed by atoms with Crippen LogP contribution in [0.3, 0.4) is 0 Å². The second-order valence-electron chi connectivity index (χ2n) is 5.45. The summed E-state index contributed by atoms with van der Waals surface area (Å²) >= 11 is 0. The summed E-state index contributed by atoms with van der Waals surface area (Å²) in [5.74, 6) is 0. The van der Waals surface area contributed by atoms with Crippen LogP contribution in [0.1, 0.15) is 26.3 Å². The van der Waals surface area contributed by atoms with Gasteiger partial charge in [0.25, 0.3) is 10.1 Å². The normalized spacial score (nSPS) is 13.3. The van der Waals surface area contributed by atoms with Gasteiger partial charge in [0.15, 0.2) is 0 Å². The minimum absolute atomic E-state index is 0.00463. The smallest absolute Gasteiger partial charge is 0.297 e. The van der Waals surface area contributed by atoms with Crippen molar-refractivity contribution < 1.29 is 26.1 Å². The number of nitrogens with one attached hydrogen (secondary N) is 1. The quantitative estimate of drug-likeness (QED) is 0.727. The molecule has 134 valence electrons. The van der Waals surface area contributed by atoms with Crippen molar-refractivity contribution in [1.29, 1.82) is 0 Å². The summed E-state index contributed by atoms with van der Waals surface area (Å²) < 4.78 is 50.7. The molecule has 1 atom stereocenters. The fourth-order valence-electron chi connectivity index (χ4n) is 1.39. The van der Waals surface area contributed by atoms with Crippen LogP contribution in [0.5, 0.6) is 0 Å². The molecule has 0 fully saturated rings. The van der Waals surface area contributed by atoms with E-state index in [2.05, 4.69) is 8.91 Å². The molecular weight excluding hydrogens is 342 g/mol. The van der Waals surface area contributed by atoms with Gasteiger partial charge in [0.05, 0.1) is 23.9 Å². The Balaban J connectivity index is 0.000000515. The number of hydrogen-bond acceptors (Lipinski definition) is 6. The average Bonchev–Trinajstić information content (AvgIpc) is 2.35. The van der Waals surface area contributed by atoms with E-state index in [0.29, 0.717) is 0 Å². The lowest BCUT2D eigenvalue weighted by molar-refractivity contribution is 0.126. The van der Waals surface area contributed by atoms with Crippen LogP contribution in [0, 0.1) is 6.92 Å². The number of rotatable bonds is 6. The molecule has 1 aromatic carbocycles. The highest BCUT2D eigenvalue weighted by Crippen LogP contribution is 2.13. The summed E-state index contributed by atoms with van der Waals surface area (Å²) in [6, 6.07) is 6.35. The van der Waals surface area contributed by atoms with Crippen molar-refractivity contribution in [2.75, 3.05) is 12.9 Å². The summed E-state index contributed by atoms with van der Waals surface area (Å²) in [5, 5.41) is 8.92. The third-order valence-electron chi connectivity index (χ3n) is 2.22. The molecule has 9 heteroatoms. The molecule has 1 unspecified atom stereocenters. The number of hydrogen-bond donors (Lipinski definition) is 2. The van der Waals surface area contributed by atoms with Gasteiger partial charge in [-0.1, -0.05) is 17.7 Å². The van der Waals surface area contributed by atoms with Crippen LogP contribution in [0.2, 0.25) is 0 Å². The maximum atomic E-state index is 11.5. The largest absolute Gasteiger partial charge is 0.391 e. The summed E-state index contributed by atoms with van der Waals surface area (Å²) in [7, 11) is -6.71. The zero-order chi connectivity index (χ0) is 18.3. The fraction of sp³-hybridized carbons (Fsp3) is 0.571. The highest BCUT2D eigenvalue weighted by molar-refractivity contribution is 7.88. The maximum Gasteiger partial charge on any atom is 0.297 e. The molecule has 0 saturated carbocycles. The topological polar surface area (TPSA) is 110 Å². The van der Waals surface area contributed by atoms with Gasteiger partial charge in [-0.15, -0.1) is 0 Å². The van der Waals surface area contributed by atoms with E-state index in [0.717, 1.165) is 11.8 Å². The Morgan fingerprint density at radius 3 is 1.87 bits per heavy atom. The summed E-state index contributed by atoms with van der Waals surface area (Å²) in [5.41, 5.74) is 0.976. The fourth-order valence-corrected chi connectivity index (χ4v) is 3.23. The van der Waals surface area contributed by atoms with Crippen molar-refractivity contribution in [3.63, 3.8) is 0 Å². The van der Waals surface area contributed by atoms with E-state index in [1.165, 1.54) is 19.1 Å². The van der Waals surface area contributed by atoms with E-state index in [-0.39, 0.29) is 17.5 Å². The van der Waals surface area contributed by atoms with Crippen LogP contribution < -0.4 is 4.72 Å². The first-order chi connectivity index (χ1) is 10.3. The van der Waals surface area contributed by atoms with Crippen LogP contribution in [-0.2, 0) is 24.3 Å². The van der Waals surface area contributed by atoms with Gasteiger partial charge in [-0.25, -0.2) is 13.1 Å². The van der Waals surface area contributed by atoms with Gasteiger partial charge in [0.1, 0.15) is 0 Å². The summed E-state index contributed by atoms with van der Waals surface area (Å²) in [6.45, 7) is 6.66. The first-order valence-corrected chi connectivity index (χ1v) is 10.2. The lowest BCUT2D eigenvalue weighted by Gasteiger charge is -2.07. The predicted molar refractivity (Wildman–Crippen MR) is 89.1 cm³/mol. The third-order valence-corrected chi connectivity index (χ3v) is 4.42. The maximum absolute atomic E-state index is 11.5. The second kappa shape index (κ2) is 9.33. The van der Waals surface area contributed by atoms with Gasteiger partial charge >= 0.3 is 0 Å². The average molecular weight is 367 g/mol. The van der Waals surface area contributed by atoms with E-state index in [1.54, 1.807) is 26.0 Å². The van der Waals surface area contributed by atoms with Crippen LogP contribution in [0.25, 0.3) is 0 Å². The molecule has 23 heavy (non-hydrogen) atoms. The van der Waals surface area contributed by atoms with Crippen molar-refractivity contribution in [3.8, 4) is 0 Å². The zero-order valence-electron chi connectivity index (χ0n) is 14.0. The van der Waals surface area contributed by atoms with Gasteiger partial charge in [-0.3, -0.25) is 4.18 Å². The lowest BCUT2D eigenvalue weighted by atomic mass is 10.2. The number of aryl methyl sites for hydroxylation is 1. The molecule has 0 aliphatic carbocycles. The molecule has 1 rings (SSSR count). The minimum Gasteiger partial charge on any atom is -0.391 e. The SMILES string of the molecule is CC(C)NS(C)(=O)=O.Cc1ccc(S(=O)(=O)OCC(C)O)cc1. The van der Waals surface area contributed by atoms with Crippen molar-refractivity contribution in [2.45, 2.75) is 44.7 Å². The Bertz CT molecular complexity index is 664. The van der Waals surface area contributed by atoms with E-state index >= 15 is 0 Å². The Morgan fingerprint density at radius 1 is 1.09 bits per heavy atom. The van der Waals surface area contributed by atoms with Crippen molar-refractivity contribution in [1.82, 2.24) is 4.72 Å². The van der Waals surface area contributed by atoms with Gasteiger partial charge in [0.2, 0.25) is 10.0 Å². The standard InChI is InChI=1S/C10H14O4S.C4H11NO2S/c1-8-3-5-10(6-4-8)15(12,13)14-7-9(2)11;1-4(2)5-8(3,6)7/h3-6,9,11H,7H2,1-2H3;4-5H,1-3H3. The van der Waals surface area contributed by atoms with Crippen LogP contribution >= 0.6 is 0 Å². The third kappa shape index (κ3) is 11.2. The van der Waals surface area contributed by atoms with Gasteiger partial charge in [-0.2, -0.15) is 8.42 Å². The molecule has 2 N–H and O–H groups in total. The van der Waals surface area contributed by atoms with Gasteiger partial charge in [0, 0.05) is 6.04 Å². The van der Waals surface area contributed by atoms with Crippen LogP contribution in [-0.4, -0.2) is 47.0 Å². The molecule has 1 aromatic rings. The monoisotopic (exact) mass is 367 g/mol. The van der Waals surface area contributed by atoms with E-state index in [4.69, 9.17) is 5.11 Å². The number of benzene rings is 1. The van der Waals surface area contributed by atoms with Crippen molar-refractivity contribution in [2.24, 2.45) is 0 Å². The van der Waals surface area contributed by atoms with E-state index in [1.807, 2.05) is 6.92 Å². The summed E-state index contributed by atoms with van der Waals surface area (Å²) in [4.78, 5) is 0.105. The Kier molecular flexibility index (Phi) is 8.93. The highest BCUT2D eigenvalue weighted by Gasteiger charge is 2.15. The Labute approximate surface area is 138 Å². The molecule has 0 heterocycles. The van der Waals surface area contributed by atoms with Gasteiger partial charge < -0.3 is 5.11 Å².